The smallest absolute Gasteiger partial charge is 0.328 e. The van der Waals surface area contributed by atoms with E-state index in [-0.39, 0.29) is 0 Å². The SMILES string of the molecule is CCCCCC(=CC(=O)O)c1cc(NS(=O)(=O)c2c(C)c(C)cc(C)c2C)c2ccccc2c1. The van der Waals surface area contributed by atoms with Crippen LogP contribution in [0.3, 0.4) is 0 Å². The molecule has 0 aliphatic heterocycles. The van der Waals surface area contributed by atoms with Crippen molar-refractivity contribution < 1.29 is 18.3 Å². The molecule has 0 aliphatic rings. The van der Waals surface area contributed by atoms with Gasteiger partial charge in [-0.3, -0.25) is 4.72 Å². The summed E-state index contributed by atoms with van der Waals surface area (Å²) in [6, 6.07) is 13.2. The Balaban J connectivity index is 2.17. The highest BCUT2D eigenvalue weighted by molar-refractivity contribution is 7.92. The first kappa shape index (κ1) is 25.5. The second-order valence-electron chi connectivity index (χ2n) is 8.90. The van der Waals surface area contributed by atoms with Gasteiger partial charge in [-0.05, 0) is 91.4 Å². The van der Waals surface area contributed by atoms with Crippen LogP contribution in [0.1, 0.15) is 60.4 Å². The molecule has 0 saturated carbocycles. The van der Waals surface area contributed by atoms with Crippen molar-refractivity contribution in [1.82, 2.24) is 0 Å². The highest BCUT2D eigenvalue weighted by atomic mass is 32.2. The normalized spacial score (nSPS) is 12.2. The maximum atomic E-state index is 13.6. The van der Waals surface area contributed by atoms with Crippen LogP contribution < -0.4 is 4.72 Å². The molecule has 5 nitrogen and oxygen atoms in total. The molecule has 0 unspecified atom stereocenters. The maximum Gasteiger partial charge on any atom is 0.328 e. The van der Waals surface area contributed by atoms with Gasteiger partial charge in [-0.25, -0.2) is 13.2 Å². The number of benzene rings is 3. The number of aliphatic carboxylic acids is 1. The largest absolute Gasteiger partial charge is 0.478 e. The van der Waals surface area contributed by atoms with Gasteiger partial charge in [-0.2, -0.15) is 0 Å². The van der Waals surface area contributed by atoms with Crippen molar-refractivity contribution in [3.05, 3.63) is 76.4 Å². The standard InChI is InChI=1S/C28H33NO4S/c1-6-7-8-11-22(17-27(30)31)24-15-23-12-9-10-13-25(23)26(16-24)29-34(32,33)28-20(4)18(2)14-19(3)21(28)5/h9-10,12-17,29H,6-8,11H2,1-5H3,(H,30,31). The molecule has 3 aromatic carbocycles. The zero-order chi connectivity index (χ0) is 25.0. The number of carboxylic acids is 1. The number of nitrogens with one attached hydrogen (secondary N) is 1. The fraction of sp³-hybridized carbons (Fsp3) is 0.321. The van der Waals surface area contributed by atoms with E-state index in [0.29, 0.717) is 28.1 Å². The van der Waals surface area contributed by atoms with E-state index in [1.165, 1.54) is 6.08 Å². The first-order valence-corrected chi connectivity index (χ1v) is 13.1. The molecule has 34 heavy (non-hydrogen) atoms. The van der Waals surface area contributed by atoms with Gasteiger partial charge in [-0.15, -0.1) is 0 Å². The third-order valence-electron chi connectivity index (χ3n) is 6.39. The van der Waals surface area contributed by atoms with Crippen LogP contribution in [0.5, 0.6) is 0 Å². The lowest BCUT2D eigenvalue weighted by Gasteiger charge is -2.19. The van der Waals surface area contributed by atoms with E-state index in [2.05, 4.69) is 11.6 Å². The molecular weight excluding hydrogens is 446 g/mol. The highest BCUT2D eigenvalue weighted by Crippen LogP contribution is 2.34. The summed E-state index contributed by atoms with van der Waals surface area (Å²) in [5.41, 5.74) is 5.13. The van der Waals surface area contributed by atoms with Crippen molar-refractivity contribution in [2.45, 2.75) is 65.2 Å². The molecule has 2 N–H and O–H groups in total. The fourth-order valence-electron chi connectivity index (χ4n) is 4.37. The average Bonchev–Trinajstić information content (AvgIpc) is 2.76. The molecule has 0 aromatic heterocycles. The van der Waals surface area contributed by atoms with Crippen LogP contribution in [-0.2, 0) is 14.8 Å². The number of unbranched alkanes of at least 4 members (excludes halogenated alkanes) is 2. The van der Waals surface area contributed by atoms with Crippen molar-refractivity contribution in [1.29, 1.82) is 0 Å². The summed E-state index contributed by atoms with van der Waals surface area (Å²) in [4.78, 5) is 11.8. The first-order valence-electron chi connectivity index (χ1n) is 11.6. The number of sulfonamides is 1. The quantitative estimate of drug-likeness (QED) is 0.258. The average molecular weight is 480 g/mol. The van der Waals surface area contributed by atoms with E-state index in [0.717, 1.165) is 52.3 Å². The number of hydrogen-bond donors (Lipinski definition) is 2. The third-order valence-corrected chi connectivity index (χ3v) is 8.03. The molecule has 3 rings (SSSR count). The lowest BCUT2D eigenvalue weighted by atomic mass is 9.95. The molecule has 0 spiro atoms. The maximum absolute atomic E-state index is 13.6. The number of allylic oxidation sites excluding steroid dienone is 1. The molecule has 0 aliphatic carbocycles. The highest BCUT2D eigenvalue weighted by Gasteiger charge is 2.23. The van der Waals surface area contributed by atoms with Gasteiger partial charge in [0.1, 0.15) is 0 Å². The van der Waals surface area contributed by atoms with Crippen LogP contribution in [-0.4, -0.2) is 19.5 Å². The Morgan fingerprint density at radius 2 is 1.62 bits per heavy atom. The minimum atomic E-state index is -3.88. The minimum absolute atomic E-state index is 0.295. The third kappa shape index (κ3) is 5.50. The summed E-state index contributed by atoms with van der Waals surface area (Å²) in [6.07, 6.45) is 4.73. The summed E-state index contributed by atoms with van der Waals surface area (Å²) in [7, 11) is -3.88. The Morgan fingerprint density at radius 3 is 2.24 bits per heavy atom. The van der Waals surface area contributed by atoms with Crippen LogP contribution in [0, 0.1) is 27.7 Å². The van der Waals surface area contributed by atoms with Crippen molar-refractivity contribution in [2.75, 3.05) is 4.72 Å². The van der Waals surface area contributed by atoms with Gasteiger partial charge in [-0.1, -0.05) is 50.1 Å². The van der Waals surface area contributed by atoms with Crippen molar-refractivity contribution in [3.63, 3.8) is 0 Å². The van der Waals surface area contributed by atoms with Gasteiger partial charge in [0, 0.05) is 11.5 Å². The van der Waals surface area contributed by atoms with Gasteiger partial charge in [0.25, 0.3) is 10.0 Å². The molecule has 0 atom stereocenters. The lowest BCUT2D eigenvalue weighted by Crippen LogP contribution is -2.17. The number of hydrogen-bond acceptors (Lipinski definition) is 3. The monoisotopic (exact) mass is 479 g/mol. The van der Waals surface area contributed by atoms with Crippen LogP contribution in [0.25, 0.3) is 16.3 Å². The second-order valence-corrected chi connectivity index (χ2v) is 10.5. The van der Waals surface area contributed by atoms with Crippen LogP contribution >= 0.6 is 0 Å². The van der Waals surface area contributed by atoms with E-state index in [1.54, 1.807) is 6.07 Å². The van der Waals surface area contributed by atoms with Crippen molar-refractivity contribution in [2.24, 2.45) is 0 Å². The molecule has 6 heteroatoms. The number of carbonyl (C=O) groups is 1. The van der Waals surface area contributed by atoms with Gasteiger partial charge in [0.2, 0.25) is 0 Å². The van der Waals surface area contributed by atoms with Crippen molar-refractivity contribution >= 4 is 38.0 Å². The second kappa shape index (κ2) is 10.4. The van der Waals surface area contributed by atoms with E-state index in [4.69, 9.17) is 0 Å². The number of aryl methyl sites for hydroxylation is 2. The number of rotatable bonds is 9. The van der Waals surface area contributed by atoms with Crippen LogP contribution in [0.4, 0.5) is 5.69 Å². The van der Waals surface area contributed by atoms with Crippen molar-refractivity contribution in [3.8, 4) is 0 Å². The Bertz CT molecular complexity index is 1340. The van der Waals surface area contributed by atoms with E-state index in [9.17, 15) is 18.3 Å². The Kier molecular flexibility index (Phi) is 7.82. The first-order chi connectivity index (χ1) is 16.0. The molecule has 0 amide bonds. The van der Waals surface area contributed by atoms with E-state index in [1.807, 2.05) is 64.1 Å². The van der Waals surface area contributed by atoms with Gasteiger partial charge < -0.3 is 5.11 Å². The zero-order valence-electron chi connectivity index (χ0n) is 20.5. The molecule has 0 radical (unpaired) electrons. The molecule has 3 aromatic rings. The van der Waals surface area contributed by atoms with E-state index >= 15 is 0 Å². The minimum Gasteiger partial charge on any atom is -0.478 e. The van der Waals surface area contributed by atoms with E-state index < -0.39 is 16.0 Å². The van der Waals surface area contributed by atoms with Gasteiger partial charge >= 0.3 is 5.97 Å². The topological polar surface area (TPSA) is 83.5 Å². The summed E-state index contributed by atoms with van der Waals surface area (Å²) in [5, 5.41) is 11.1. The Labute approximate surface area is 202 Å². The molecule has 0 bridgehead atoms. The lowest BCUT2D eigenvalue weighted by molar-refractivity contribution is -0.131. The Morgan fingerprint density at radius 1 is 0.971 bits per heavy atom. The van der Waals surface area contributed by atoms with Gasteiger partial charge in [0.15, 0.2) is 0 Å². The van der Waals surface area contributed by atoms with Crippen LogP contribution in [0.2, 0.25) is 0 Å². The molecule has 180 valence electrons. The summed E-state index contributed by atoms with van der Waals surface area (Å²) in [5.74, 6) is -1.01. The predicted molar refractivity (Wildman–Crippen MR) is 140 cm³/mol. The zero-order valence-corrected chi connectivity index (χ0v) is 21.3. The number of fused-ring (bicyclic) bond motifs is 1. The fourth-order valence-corrected chi connectivity index (χ4v) is 6.06. The predicted octanol–water partition coefficient (Wildman–Crippen LogP) is 6.92. The summed E-state index contributed by atoms with van der Waals surface area (Å²) < 4.78 is 30.1. The number of carboxylic acid groups (broad SMARTS) is 1. The van der Waals surface area contributed by atoms with Crippen LogP contribution in [0.15, 0.2) is 53.4 Å². The molecule has 0 heterocycles. The molecule has 0 saturated heterocycles. The van der Waals surface area contributed by atoms with Gasteiger partial charge in [0.05, 0.1) is 10.6 Å². The summed E-state index contributed by atoms with van der Waals surface area (Å²) in [6.45, 7) is 9.57. The molecule has 0 fully saturated rings. The molecular formula is C28H33NO4S. The number of anilines is 1. The summed E-state index contributed by atoms with van der Waals surface area (Å²) >= 11 is 0. The Hall–Kier alpha value is -3.12.